The molecule has 1 radical (unpaired) electrons. The van der Waals surface area contributed by atoms with E-state index in [0.717, 1.165) is 0 Å². The molecule has 0 saturated carbocycles. The van der Waals surface area contributed by atoms with Gasteiger partial charge in [0.15, 0.2) is 0 Å². The fourth-order valence-electron chi connectivity index (χ4n) is 3.53. The highest BCUT2D eigenvalue weighted by Gasteiger charge is 1.94. The van der Waals surface area contributed by atoms with Crippen molar-refractivity contribution < 1.29 is 0 Å². The first-order valence-corrected chi connectivity index (χ1v) is 11.6. The van der Waals surface area contributed by atoms with Gasteiger partial charge in [-0.25, -0.2) is 0 Å². The molecule has 0 heterocycles. The molecule has 1 aromatic rings. The summed E-state index contributed by atoms with van der Waals surface area (Å²) in [5.41, 5.74) is 1.20. The van der Waals surface area contributed by atoms with Crippen LogP contribution in [0.15, 0.2) is 30.3 Å². The summed E-state index contributed by atoms with van der Waals surface area (Å²) in [5, 5.41) is 0. The Morgan fingerprint density at radius 3 is 1.62 bits per heavy atom. The van der Waals surface area contributed by atoms with Gasteiger partial charge in [-0.05, 0) is 24.5 Å². The zero-order chi connectivity index (χ0) is 18.5. The highest BCUT2D eigenvalue weighted by Crippen LogP contribution is 2.14. The smallest absolute Gasteiger partial charge is 0.0106 e. The molecule has 0 unspecified atom stereocenters. The summed E-state index contributed by atoms with van der Waals surface area (Å²) in [6.45, 7) is 2.30. The van der Waals surface area contributed by atoms with Crippen LogP contribution < -0.4 is 0 Å². The van der Waals surface area contributed by atoms with Crippen molar-refractivity contribution >= 4 is 6.08 Å². The number of benzene rings is 1. The molecule has 0 aromatic heterocycles. The second kappa shape index (κ2) is 18.7. The molecule has 26 heavy (non-hydrogen) atoms. The molecule has 1 aromatic carbocycles. The number of hydrogen-bond donors (Lipinski definition) is 0. The Labute approximate surface area is 164 Å². The summed E-state index contributed by atoms with van der Waals surface area (Å²) in [4.78, 5) is 0. The van der Waals surface area contributed by atoms with Crippen LogP contribution in [0.25, 0.3) is 6.08 Å². The van der Waals surface area contributed by atoms with Crippen molar-refractivity contribution in [3.05, 3.63) is 42.0 Å². The fraction of sp³-hybridized carbons (Fsp3) is 0.692. The van der Waals surface area contributed by atoms with E-state index in [9.17, 15) is 0 Å². The maximum atomic E-state index is 3.24. The van der Waals surface area contributed by atoms with E-state index in [-0.39, 0.29) is 0 Å². The third-order valence-corrected chi connectivity index (χ3v) is 5.25. The van der Waals surface area contributed by atoms with Crippen LogP contribution in [0, 0.1) is 6.07 Å². The lowest BCUT2D eigenvalue weighted by Gasteiger charge is -2.03. The second-order valence-corrected chi connectivity index (χ2v) is 7.81. The van der Waals surface area contributed by atoms with Crippen LogP contribution in [0.5, 0.6) is 0 Å². The summed E-state index contributed by atoms with van der Waals surface area (Å²) in [6, 6.07) is 11.4. The molecular formula is C26H43. The van der Waals surface area contributed by atoms with E-state index in [1.165, 1.54) is 115 Å². The lowest BCUT2D eigenvalue weighted by atomic mass is 10.0. The standard InChI is InChI=1S/C26H43/c1-2-3-4-5-6-7-8-9-10-11-12-13-14-15-16-17-18-20-23-26-24-21-19-22-25-26/h19-24H,2-18H2,1H3/b23-20+. The summed E-state index contributed by atoms with van der Waals surface area (Å²) in [7, 11) is 0. The number of rotatable bonds is 18. The first-order chi connectivity index (χ1) is 12.9. The molecular weight excluding hydrogens is 312 g/mol. The Balaban J connectivity index is 1.73. The van der Waals surface area contributed by atoms with E-state index in [2.05, 4.69) is 37.3 Å². The average Bonchev–Trinajstić information content (AvgIpc) is 2.68. The lowest BCUT2D eigenvalue weighted by Crippen LogP contribution is -1.83. The molecule has 0 fully saturated rings. The van der Waals surface area contributed by atoms with Crippen molar-refractivity contribution in [2.24, 2.45) is 0 Å². The van der Waals surface area contributed by atoms with Crippen molar-refractivity contribution in [3.63, 3.8) is 0 Å². The molecule has 147 valence electrons. The molecule has 0 heteroatoms. The van der Waals surface area contributed by atoms with Crippen molar-refractivity contribution in [3.8, 4) is 0 Å². The van der Waals surface area contributed by atoms with Crippen LogP contribution in [-0.2, 0) is 0 Å². The van der Waals surface area contributed by atoms with E-state index < -0.39 is 0 Å². The largest absolute Gasteiger partial charge is 0.0839 e. The van der Waals surface area contributed by atoms with E-state index >= 15 is 0 Å². The molecule has 0 atom stereocenters. The average molecular weight is 356 g/mol. The summed E-state index contributed by atoms with van der Waals surface area (Å²) < 4.78 is 0. The van der Waals surface area contributed by atoms with E-state index in [4.69, 9.17) is 0 Å². The highest BCUT2D eigenvalue weighted by molar-refractivity contribution is 5.47. The maximum absolute atomic E-state index is 3.24. The third kappa shape index (κ3) is 15.2. The molecule has 0 saturated heterocycles. The van der Waals surface area contributed by atoms with Crippen LogP contribution in [0.3, 0.4) is 0 Å². The highest BCUT2D eigenvalue weighted by atomic mass is 14.0. The quantitative estimate of drug-likeness (QED) is 0.230. The van der Waals surface area contributed by atoms with Crippen LogP contribution in [0.1, 0.15) is 122 Å². The normalized spacial score (nSPS) is 11.4. The molecule has 0 aliphatic heterocycles. The molecule has 0 spiro atoms. The van der Waals surface area contributed by atoms with Crippen molar-refractivity contribution in [1.29, 1.82) is 0 Å². The SMILES string of the molecule is CCCCCCCCCCCCCCCCCC/C=C/c1[c]cccc1. The van der Waals surface area contributed by atoms with E-state index in [1.54, 1.807) is 0 Å². The van der Waals surface area contributed by atoms with Gasteiger partial charge in [0.1, 0.15) is 0 Å². The monoisotopic (exact) mass is 355 g/mol. The van der Waals surface area contributed by atoms with Gasteiger partial charge in [-0.15, -0.1) is 0 Å². The van der Waals surface area contributed by atoms with Crippen LogP contribution >= 0.6 is 0 Å². The zero-order valence-electron chi connectivity index (χ0n) is 17.5. The molecule has 0 nitrogen and oxygen atoms in total. The fourth-order valence-corrected chi connectivity index (χ4v) is 3.53. The maximum Gasteiger partial charge on any atom is -0.0106 e. The minimum Gasteiger partial charge on any atom is -0.0839 e. The molecule has 0 bridgehead atoms. The van der Waals surface area contributed by atoms with Gasteiger partial charge < -0.3 is 0 Å². The molecule has 0 aliphatic carbocycles. The summed E-state index contributed by atoms with van der Waals surface area (Å²) >= 11 is 0. The Morgan fingerprint density at radius 2 is 1.15 bits per heavy atom. The van der Waals surface area contributed by atoms with Crippen molar-refractivity contribution in [1.82, 2.24) is 0 Å². The Hall–Kier alpha value is -1.04. The second-order valence-electron chi connectivity index (χ2n) is 7.81. The van der Waals surface area contributed by atoms with Crippen LogP contribution in [-0.4, -0.2) is 0 Å². The minimum atomic E-state index is 1.20. The molecule has 0 N–H and O–H groups in total. The predicted octanol–water partition coefficient (Wildman–Crippen LogP) is 9.15. The van der Waals surface area contributed by atoms with Gasteiger partial charge >= 0.3 is 0 Å². The minimum absolute atomic E-state index is 1.20. The summed E-state index contributed by atoms with van der Waals surface area (Å²) in [5.74, 6) is 0. The Morgan fingerprint density at radius 1 is 0.654 bits per heavy atom. The molecule has 1 rings (SSSR count). The van der Waals surface area contributed by atoms with Crippen LogP contribution in [0.4, 0.5) is 0 Å². The van der Waals surface area contributed by atoms with Gasteiger partial charge in [0.2, 0.25) is 0 Å². The first kappa shape index (κ1) is 23.0. The Kier molecular flexibility index (Phi) is 16.6. The van der Waals surface area contributed by atoms with Crippen LogP contribution in [0.2, 0.25) is 0 Å². The predicted molar refractivity (Wildman–Crippen MR) is 118 cm³/mol. The van der Waals surface area contributed by atoms with Gasteiger partial charge in [-0.2, -0.15) is 0 Å². The topological polar surface area (TPSA) is 0 Å². The van der Waals surface area contributed by atoms with Gasteiger partial charge in [0.05, 0.1) is 0 Å². The number of allylic oxidation sites excluding steroid dienone is 1. The van der Waals surface area contributed by atoms with E-state index in [1.807, 2.05) is 12.1 Å². The van der Waals surface area contributed by atoms with Gasteiger partial charge in [0.25, 0.3) is 0 Å². The Bertz CT molecular complexity index is 403. The van der Waals surface area contributed by atoms with E-state index in [0.29, 0.717) is 0 Å². The summed E-state index contributed by atoms with van der Waals surface area (Å²) in [6.07, 6.45) is 28.7. The molecule has 0 aliphatic rings. The molecule has 0 amide bonds. The van der Waals surface area contributed by atoms with Crippen molar-refractivity contribution in [2.75, 3.05) is 0 Å². The number of hydrogen-bond acceptors (Lipinski definition) is 0. The lowest BCUT2D eigenvalue weighted by molar-refractivity contribution is 0.530. The van der Waals surface area contributed by atoms with Gasteiger partial charge in [0, 0.05) is 0 Å². The van der Waals surface area contributed by atoms with Gasteiger partial charge in [-0.3, -0.25) is 0 Å². The first-order valence-electron chi connectivity index (χ1n) is 11.6. The zero-order valence-corrected chi connectivity index (χ0v) is 17.5. The third-order valence-electron chi connectivity index (χ3n) is 5.25. The van der Waals surface area contributed by atoms with Gasteiger partial charge in [-0.1, -0.05) is 140 Å². The van der Waals surface area contributed by atoms with Crippen molar-refractivity contribution in [2.45, 2.75) is 116 Å². The number of unbranched alkanes of at least 4 members (excludes halogenated alkanes) is 16.